The van der Waals surface area contributed by atoms with Crippen LogP contribution in [0.2, 0.25) is 0 Å². The minimum Gasteiger partial charge on any atom is -0.493 e. The van der Waals surface area contributed by atoms with E-state index in [9.17, 15) is 14.4 Å². The van der Waals surface area contributed by atoms with Gasteiger partial charge in [0, 0.05) is 54.3 Å². The molecule has 3 aliphatic heterocycles. The fourth-order valence-corrected chi connectivity index (χ4v) is 5.65. The van der Waals surface area contributed by atoms with Crippen LogP contribution in [0.4, 0.5) is 5.69 Å². The summed E-state index contributed by atoms with van der Waals surface area (Å²) in [5.41, 5.74) is 4.00. The number of rotatable bonds is 3. The number of nitrogens with one attached hydrogen (secondary N) is 2. The number of anilines is 1. The number of ether oxygens (including phenoxy) is 3. The summed E-state index contributed by atoms with van der Waals surface area (Å²) in [6.45, 7) is 1.15. The Morgan fingerprint density at radius 3 is 2.64 bits per heavy atom. The van der Waals surface area contributed by atoms with Gasteiger partial charge in [-0.3, -0.25) is 14.4 Å². The number of benzene rings is 3. The van der Waals surface area contributed by atoms with Crippen LogP contribution in [0.5, 0.6) is 17.2 Å². The first kappa shape index (κ1) is 29.7. The zero-order valence-corrected chi connectivity index (χ0v) is 25.0. The van der Waals surface area contributed by atoms with Crippen molar-refractivity contribution in [3.05, 3.63) is 96.1 Å². The lowest BCUT2D eigenvalue weighted by Gasteiger charge is -2.27. The van der Waals surface area contributed by atoms with Crippen LogP contribution in [0, 0.1) is 0 Å². The SMILES string of the molecule is COc1ccc2cc1OCCCCN(C(=O)c1ccc(-n3ccnc3)cc1)CC(=O)NCCOc1ccc3c(c1)NC(=O)CC23. The van der Waals surface area contributed by atoms with Crippen molar-refractivity contribution in [2.45, 2.75) is 25.2 Å². The van der Waals surface area contributed by atoms with Gasteiger partial charge >= 0.3 is 0 Å². The number of carbonyl (C=O) groups is 3. The number of carbonyl (C=O) groups excluding carboxylic acids is 3. The van der Waals surface area contributed by atoms with Gasteiger partial charge in [0.25, 0.3) is 5.91 Å². The Bertz CT molecular complexity index is 1670. The molecule has 4 aromatic rings. The van der Waals surface area contributed by atoms with Gasteiger partial charge < -0.3 is 34.3 Å². The molecule has 1 unspecified atom stereocenters. The lowest BCUT2D eigenvalue weighted by molar-refractivity contribution is -0.122. The van der Waals surface area contributed by atoms with E-state index in [0.29, 0.717) is 60.9 Å². The number of aromatic nitrogens is 2. The Morgan fingerprint density at radius 1 is 0.978 bits per heavy atom. The molecule has 3 aromatic carbocycles. The average molecular weight is 610 g/mol. The smallest absolute Gasteiger partial charge is 0.254 e. The maximum Gasteiger partial charge on any atom is 0.254 e. The number of methoxy groups -OCH3 is 1. The van der Waals surface area contributed by atoms with Crippen molar-refractivity contribution >= 4 is 23.4 Å². The Morgan fingerprint density at radius 2 is 1.84 bits per heavy atom. The summed E-state index contributed by atoms with van der Waals surface area (Å²) >= 11 is 0. The molecule has 3 aliphatic rings. The van der Waals surface area contributed by atoms with Gasteiger partial charge in [0.1, 0.15) is 12.4 Å². The van der Waals surface area contributed by atoms with Gasteiger partial charge in [0.15, 0.2) is 11.5 Å². The van der Waals surface area contributed by atoms with Gasteiger partial charge in [0.05, 0.1) is 33.1 Å². The Labute approximate surface area is 261 Å². The average Bonchev–Trinajstić information content (AvgIpc) is 3.60. The van der Waals surface area contributed by atoms with Crippen LogP contribution in [0.1, 0.15) is 46.7 Å². The van der Waals surface area contributed by atoms with Crippen molar-refractivity contribution in [3.63, 3.8) is 0 Å². The van der Waals surface area contributed by atoms with Crippen LogP contribution in [0.15, 0.2) is 79.4 Å². The van der Waals surface area contributed by atoms with Crippen LogP contribution < -0.4 is 24.8 Å². The van der Waals surface area contributed by atoms with E-state index in [1.54, 1.807) is 42.7 Å². The second kappa shape index (κ2) is 13.5. The molecule has 1 atom stereocenters. The molecule has 1 aromatic heterocycles. The molecule has 4 heterocycles. The molecule has 0 fully saturated rings. The highest BCUT2D eigenvalue weighted by atomic mass is 16.5. The molecule has 232 valence electrons. The molecule has 7 rings (SSSR count). The molecule has 3 amide bonds. The van der Waals surface area contributed by atoms with E-state index in [1.165, 1.54) is 0 Å². The van der Waals surface area contributed by atoms with E-state index >= 15 is 0 Å². The Hall–Kier alpha value is -5.32. The molecule has 0 saturated carbocycles. The van der Waals surface area contributed by atoms with Crippen LogP contribution in [-0.2, 0) is 9.59 Å². The number of hydrogen-bond acceptors (Lipinski definition) is 7. The Balaban J connectivity index is 1.22. The van der Waals surface area contributed by atoms with Crippen LogP contribution in [0.3, 0.4) is 0 Å². The molecule has 11 heteroatoms. The third-order valence-electron chi connectivity index (χ3n) is 7.97. The van der Waals surface area contributed by atoms with E-state index in [1.807, 2.05) is 53.2 Å². The zero-order chi connectivity index (χ0) is 31.2. The quantitative estimate of drug-likeness (QED) is 0.334. The summed E-state index contributed by atoms with van der Waals surface area (Å²) in [7, 11) is 1.59. The van der Waals surface area contributed by atoms with Crippen LogP contribution in [-0.4, -0.2) is 72.1 Å². The van der Waals surface area contributed by atoms with Crippen molar-refractivity contribution in [3.8, 4) is 22.9 Å². The van der Waals surface area contributed by atoms with Gasteiger partial charge in [-0.15, -0.1) is 0 Å². The molecule has 0 saturated heterocycles. The standard InChI is InChI=1S/C34H35N5O6/c1-43-30-11-6-24-18-31(30)45-16-3-2-14-38(34(42)23-4-7-25(8-5-23)39-15-12-35-22-39)21-33(41)36-13-17-44-26-9-10-27-28(24)20-32(40)37-29(27)19-26/h4-12,15,18-19,22,28H,2-3,13-14,16-17,20-21H2,1H3,(H,36,41)(H,37,40). The minimum atomic E-state index is -0.283. The number of nitrogens with zero attached hydrogens (tertiary/aromatic N) is 3. The lowest BCUT2D eigenvalue weighted by atomic mass is 9.84. The van der Waals surface area contributed by atoms with E-state index in [2.05, 4.69) is 15.6 Å². The van der Waals surface area contributed by atoms with E-state index in [4.69, 9.17) is 14.2 Å². The van der Waals surface area contributed by atoms with Crippen LogP contribution >= 0.6 is 0 Å². The molecule has 6 bridgehead atoms. The molecule has 0 radical (unpaired) electrons. The fourth-order valence-electron chi connectivity index (χ4n) is 5.65. The number of hydrogen-bond donors (Lipinski definition) is 2. The van der Waals surface area contributed by atoms with Crippen LogP contribution in [0.25, 0.3) is 5.69 Å². The summed E-state index contributed by atoms with van der Waals surface area (Å²) in [6.07, 6.45) is 6.78. The normalized spacial score (nSPS) is 17.4. The first-order chi connectivity index (χ1) is 22.0. The maximum absolute atomic E-state index is 13.5. The van der Waals surface area contributed by atoms with E-state index < -0.39 is 0 Å². The first-order valence-corrected chi connectivity index (χ1v) is 15.0. The van der Waals surface area contributed by atoms with Crippen molar-refractivity contribution in [1.29, 1.82) is 0 Å². The summed E-state index contributed by atoms with van der Waals surface area (Å²) in [5, 5.41) is 5.81. The topological polar surface area (TPSA) is 124 Å². The molecule has 11 nitrogen and oxygen atoms in total. The fraction of sp³-hybridized carbons (Fsp3) is 0.294. The van der Waals surface area contributed by atoms with Crippen molar-refractivity contribution in [1.82, 2.24) is 19.8 Å². The van der Waals surface area contributed by atoms with Gasteiger partial charge in [-0.05, 0) is 66.4 Å². The predicted molar refractivity (Wildman–Crippen MR) is 167 cm³/mol. The van der Waals surface area contributed by atoms with E-state index in [0.717, 1.165) is 16.8 Å². The second-order valence-corrected chi connectivity index (χ2v) is 11.0. The van der Waals surface area contributed by atoms with E-state index in [-0.39, 0.29) is 43.3 Å². The van der Waals surface area contributed by atoms with Gasteiger partial charge in [-0.1, -0.05) is 12.1 Å². The number of imidazole rings is 1. The summed E-state index contributed by atoms with van der Waals surface area (Å²) in [5.74, 6) is 1.01. The summed E-state index contributed by atoms with van der Waals surface area (Å²) in [6, 6.07) is 18.6. The summed E-state index contributed by atoms with van der Waals surface area (Å²) < 4.78 is 19.5. The van der Waals surface area contributed by atoms with Gasteiger partial charge in [-0.25, -0.2) is 4.98 Å². The lowest BCUT2D eigenvalue weighted by Crippen LogP contribution is -2.42. The molecular formula is C34H35N5O6. The highest BCUT2D eigenvalue weighted by molar-refractivity contribution is 5.97. The molecule has 45 heavy (non-hydrogen) atoms. The number of amides is 3. The van der Waals surface area contributed by atoms with Crippen molar-refractivity contribution in [2.24, 2.45) is 0 Å². The Kier molecular flexibility index (Phi) is 8.95. The zero-order valence-electron chi connectivity index (χ0n) is 25.0. The highest BCUT2D eigenvalue weighted by Gasteiger charge is 2.28. The first-order valence-electron chi connectivity index (χ1n) is 15.0. The molecule has 2 N–H and O–H groups in total. The third-order valence-corrected chi connectivity index (χ3v) is 7.97. The third kappa shape index (κ3) is 6.93. The largest absolute Gasteiger partial charge is 0.493 e. The molecule has 0 aliphatic carbocycles. The second-order valence-electron chi connectivity index (χ2n) is 11.0. The highest BCUT2D eigenvalue weighted by Crippen LogP contribution is 2.41. The predicted octanol–water partition coefficient (Wildman–Crippen LogP) is 4.17. The molecule has 0 spiro atoms. The number of fused-ring (bicyclic) bond motifs is 12. The maximum atomic E-state index is 13.5. The summed E-state index contributed by atoms with van der Waals surface area (Å²) in [4.78, 5) is 44.8. The van der Waals surface area contributed by atoms with Crippen molar-refractivity contribution in [2.75, 3.05) is 45.3 Å². The minimum absolute atomic E-state index is 0.0782. The van der Waals surface area contributed by atoms with Gasteiger partial charge in [0.2, 0.25) is 11.8 Å². The van der Waals surface area contributed by atoms with Crippen molar-refractivity contribution < 1.29 is 28.6 Å². The molecular weight excluding hydrogens is 574 g/mol. The monoisotopic (exact) mass is 609 g/mol. The van der Waals surface area contributed by atoms with Gasteiger partial charge in [-0.2, -0.15) is 0 Å².